The molecular formula is C22H18N2O2. The molecule has 0 saturated heterocycles. The van der Waals surface area contributed by atoms with Gasteiger partial charge in [0, 0.05) is 17.7 Å². The van der Waals surface area contributed by atoms with E-state index in [1.165, 1.54) is 0 Å². The number of nitrogens with one attached hydrogen (secondary N) is 1. The van der Waals surface area contributed by atoms with Crippen molar-refractivity contribution in [2.75, 3.05) is 5.32 Å². The Morgan fingerprint density at radius 2 is 1.85 bits per heavy atom. The van der Waals surface area contributed by atoms with E-state index in [1.54, 1.807) is 6.07 Å². The third-order valence-corrected chi connectivity index (χ3v) is 4.17. The van der Waals surface area contributed by atoms with Crippen LogP contribution in [0, 0.1) is 6.92 Å². The number of hydrogen-bond donors (Lipinski definition) is 1. The van der Waals surface area contributed by atoms with Crippen LogP contribution in [0.15, 0.2) is 77.2 Å². The average Bonchev–Trinajstić information content (AvgIpc) is 3.04. The summed E-state index contributed by atoms with van der Waals surface area (Å²) in [7, 11) is 0. The summed E-state index contributed by atoms with van der Waals surface area (Å²) in [5.74, 6) is 0.523. The van der Waals surface area contributed by atoms with E-state index >= 15 is 0 Å². The lowest BCUT2D eigenvalue weighted by molar-refractivity contribution is 0.102. The molecule has 1 amide bonds. The Hall–Kier alpha value is -3.40. The highest BCUT2D eigenvalue weighted by Gasteiger charge is 2.10. The maximum Gasteiger partial charge on any atom is 0.255 e. The number of oxazole rings is 1. The van der Waals surface area contributed by atoms with Crippen LogP contribution in [-0.4, -0.2) is 10.9 Å². The first-order valence-electron chi connectivity index (χ1n) is 8.49. The van der Waals surface area contributed by atoms with Crippen molar-refractivity contribution in [3.05, 3.63) is 95.4 Å². The summed E-state index contributed by atoms with van der Waals surface area (Å²) in [6.45, 7) is 1.96. The topological polar surface area (TPSA) is 55.1 Å². The van der Waals surface area contributed by atoms with Gasteiger partial charge in [-0.05, 0) is 42.8 Å². The Morgan fingerprint density at radius 1 is 1.00 bits per heavy atom. The second-order valence-corrected chi connectivity index (χ2v) is 6.28. The predicted octanol–water partition coefficient (Wildman–Crippen LogP) is 4.98. The molecule has 4 aromatic rings. The summed E-state index contributed by atoms with van der Waals surface area (Å²) in [5, 5.41) is 2.92. The number of benzene rings is 3. The van der Waals surface area contributed by atoms with Crippen molar-refractivity contribution in [3.63, 3.8) is 0 Å². The molecule has 0 spiro atoms. The summed E-state index contributed by atoms with van der Waals surface area (Å²) in [6.07, 6.45) is 0.639. The molecule has 4 nitrogen and oxygen atoms in total. The molecule has 0 aliphatic heterocycles. The van der Waals surface area contributed by atoms with E-state index in [4.69, 9.17) is 4.42 Å². The monoisotopic (exact) mass is 342 g/mol. The molecule has 26 heavy (non-hydrogen) atoms. The molecule has 4 heteroatoms. The highest BCUT2D eigenvalue weighted by atomic mass is 16.3. The van der Waals surface area contributed by atoms with Gasteiger partial charge in [-0.2, -0.15) is 0 Å². The van der Waals surface area contributed by atoms with E-state index in [0.717, 1.165) is 16.6 Å². The number of fused-ring (bicyclic) bond motifs is 1. The van der Waals surface area contributed by atoms with Gasteiger partial charge in [0.1, 0.15) is 5.52 Å². The van der Waals surface area contributed by atoms with Crippen LogP contribution in [0.2, 0.25) is 0 Å². The van der Waals surface area contributed by atoms with Crippen molar-refractivity contribution < 1.29 is 9.21 Å². The minimum atomic E-state index is -0.138. The van der Waals surface area contributed by atoms with E-state index in [1.807, 2.05) is 73.7 Å². The van der Waals surface area contributed by atoms with Gasteiger partial charge in [-0.15, -0.1) is 0 Å². The van der Waals surface area contributed by atoms with Crippen LogP contribution < -0.4 is 5.32 Å². The smallest absolute Gasteiger partial charge is 0.255 e. The number of carbonyl (C=O) groups is 1. The first-order valence-corrected chi connectivity index (χ1v) is 8.49. The number of anilines is 1. The van der Waals surface area contributed by atoms with Crippen LogP contribution in [0.1, 0.15) is 27.4 Å². The number of amides is 1. The standard InChI is InChI=1S/C22H18N2O2/c1-15-6-5-9-17(12-15)22(25)23-18-10-11-20-19(14-18)24-21(26-20)13-16-7-3-2-4-8-16/h2-12,14H,13H2,1H3,(H,23,25). The molecule has 3 aromatic carbocycles. The normalized spacial score (nSPS) is 10.8. The van der Waals surface area contributed by atoms with Gasteiger partial charge in [-0.1, -0.05) is 48.0 Å². The van der Waals surface area contributed by atoms with Crippen molar-refractivity contribution in [2.24, 2.45) is 0 Å². The fourth-order valence-electron chi connectivity index (χ4n) is 2.89. The van der Waals surface area contributed by atoms with Gasteiger partial charge in [0.15, 0.2) is 11.5 Å². The fourth-order valence-corrected chi connectivity index (χ4v) is 2.89. The Balaban J connectivity index is 1.55. The maximum atomic E-state index is 12.4. The number of carbonyl (C=O) groups excluding carboxylic acids is 1. The van der Waals surface area contributed by atoms with Gasteiger partial charge in [0.05, 0.1) is 0 Å². The highest BCUT2D eigenvalue weighted by molar-refractivity contribution is 6.05. The van der Waals surface area contributed by atoms with Crippen molar-refractivity contribution in [2.45, 2.75) is 13.3 Å². The number of hydrogen-bond acceptors (Lipinski definition) is 3. The summed E-state index contributed by atoms with van der Waals surface area (Å²) >= 11 is 0. The van der Waals surface area contributed by atoms with Gasteiger partial charge in [0.25, 0.3) is 5.91 Å². The molecule has 0 unspecified atom stereocenters. The highest BCUT2D eigenvalue weighted by Crippen LogP contribution is 2.22. The molecule has 0 aliphatic carbocycles. The van der Waals surface area contributed by atoms with Gasteiger partial charge >= 0.3 is 0 Å². The zero-order valence-electron chi connectivity index (χ0n) is 14.4. The number of nitrogens with zero attached hydrogens (tertiary/aromatic N) is 1. The molecule has 4 rings (SSSR count). The van der Waals surface area contributed by atoms with Gasteiger partial charge in [-0.25, -0.2) is 4.98 Å². The van der Waals surface area contributed by atoms with Crippen LogP contribution in [0.3, 0.4) is 0 Å². The van der Waals surface area contributed by atoms with E-state index in [0.29, 0.717) is 29.1 Å². The van der Waals surface area contributed by atoms with Crippen molar-refractivity contribution in [1.29, 1.82) is 0 Å². The maximum absolute atomic E-state index is 12.4. The minimum absolute atomic E-state index is 0.138. The Kier molecular flexibility index (Phi) is 4.23. The zero-order chi connectivity index (χ0) is 17.9. The summed E-state index contributed by atoms with van der Waals surface area (Å²) in [5.41, 5.74) is 4.98. The second-order valence-electron chi connectivity index (χ2n) is 6.28. The zero-order valence-corrected chi connectivity index (χ0v) is 14.4. The van der Waals surface area contributed by atoms with Crippen molar-refractivity contribution >= 4 is 22.7 Å². The molecule has 1 heterocycles. The molecule has 0 bridgehead atoms. The molecule has 1 aromatic heterocycles. The predicted molar refractivity (Wildman–Crippen MR) is 102 cm³/mol. The quantitative estimate of drug-likeness (QED) is 0.569. The number of aryl methyl sites for hydroxylation is 1. The van der Waals surface area contributed by atoms with Gasteiger partial charge in [-0.3, -0.25) is 4.79 Å². The Morgan fingerprint density at radius 3 is 2.65 bits per heavy atom. The van der Waals surface area contributed by atoms with Crippen molar-refractivity contribution in [1.82, 2.24) is 4.98 Å². The lowest BCUT2D eigenvalue weighted by Crippen LogP contribution is -2.11. The van der Waals surface area contributed by atoms with E-state index in [-0.39, 0.29) is 5.91 Å². The third-order valence-electron chi connectivity index (χ3n) is 4.17. The summed E-state index contributed by atoms with van der Waals surface area (Å²) < 4.78 is 5.81. The molecule has 0 radical (unpaired) electrons. The molecule has 1 N–H and O–H groups in total. The van der Waals surface area contributed by atoms with Crippen LogP contribution in [0.5, 0.6) is 0 Å². The van der Waals surface area contributed by atoms with E-state index in [2.05, 4.69) is 10.3 Å². The molecule has 0 fully saturated rings. The summed E-state index contributed by atoms with van der Waals surface area (Å²) in [4.78, 5) is 16.9. The van der Waals surface area contributed by atoms with Crippen LogP contribution in [0.4, 0.5) is 5.69 Å². The van der Waals surface area contributed by atoms with Gasteiger partial charge in [0.2, 0.25) is 0 Å². The number of aromatic nitrogens is 1. The second kappa shape index (κ2) is 6.84. The van der Waals surface area contributed by atoms with E-state index < -0.39 is 0 Å². The van der Waals surface area contributed by atoms with Crippen molar-refractivity contribution in [3.8, 4) is 0 Å². The van der Waals surface area contributed by atoms with Crippen LogP contribution in [-0.2, 0) is 6.42 Å². The molecular weight excluding hydrogens is 324 g/mol. The van der Waals surface area contributed by atoms with Crippen LogP contribution >= 0.6 is 0 Å². The first-order chi connectivity index (χ1) is 12.7. The van der Waals surface area contributed by atoms with E-state index in [9.17, 15) is 4.79 Å². The third kappa shape index (κ3) is 3.49. The van der Waals surface area contributed by atoms with Crippen LogP contribution in [0.25, 0.3) is 11.1 Å². The fraction of sp³-hybridized carbons (Fsp3) is 0.0909. The SMILES string of the molecule is Cc1cccc(C(=O)Nc2ccc3oc(Cc4ccccc4)nc3c2)c1. The Labute approximate surface area is 151 Å². The molecule has 0 aliphatic rings. The number of rotatable bonds is 4. The van der Waals surface area contributed by atoms with Gasteiger partial charge < -0.3 is 9.73 Å². The largest absolute Gasteiger partial charge is 0.440 e. The molecule has 128 valence electrons. The minimum Gasteiger partial charge on any atom is -0.440 e. The Bertz CT molecular complexity index is 1070. The molecule has 0 saturated carbocycles. The lowest BCUT2D eigenvalue weighted by atomic mass is 10.1. The molecule has 0 atom stereocenters. The lowest BCUT2D eigenvalue weighted by Gasteiger charge is -2.05. The average molecular weight is 342 g/mol. The first kappa shape index (κ1) is 16.1. The summed E-state index contributed by atoms with van der Waals surface area (Å²) in [6, 6.07) is 23.1.